The summed E-state index contributed by atoms with van der Waals surface area (Å²) < 4.78 is 22.8. The van der Waals surface area contributed by atoms with Crippen LogP contribution in [0, 0.1) is 24.1 Å². The Morgan fingerprint density at radius 2 is 2.02 bits per heavy atom. The smallest absolute Gasteiger partial charge is 0.319 e. The molecule has 0 amide bonds. The molecule has 3 aromatic rings. The molecule has 0 bridgehead atoms. The topological polar surface area (TPSA) is 74.6 Å². The zero-order valence-electron chi connectivity index (χ0n) is 23.6. The molecule has 1 atom stereocenters. The molecule has 8 heteroatoms. The SMILES string of the molecule is C#Cc1c(/C=C\C=C)cc(O)cc1-c1ncc2c(N3CCC[C@H](C)C3)nc(OCC34CCCN3CCC4)nc2c1F. The molecule has 0 saturated carbocycles. The zero-order valence-corrected chi connectivity index (χ0v) is 23.6. The number of allylic oxidation sites excluding steroid dienone is 2. The molecule has 0 aliphatic carbocycles. The van der Waals surface area contributed by atoms with E-state index in [9.17, 15) is 5.11 Å². The van der Waals surface area contributed by atoms with Crippen molar-refractivity contribution in [2.75, 3.05) is 37.7 Å². The second kappa shape index (κ2) is 11.1. The summed E-state index contributed by atoms with van der Waals surface area (Å²) >= 11 is 0. The molecular weight excluding hydrogens is 517 g/mol. The van der Waals surface area contributed by atoms with E-state index in [0.29, 0.717) is 40.4 Å². The number of benzene rings is 1. The number of ether oxygens (including phenoxy) is 1. The third-order valence-electron chi connectivity index (χ3n) is 8.85. The van der Waals surface area contributed by atoms with Crippen molar-refractivity contribution in [3.8, 4) is 35.4 Å². The van der Waals surface area contributed by atoms with Crippen LogP contribution in [0.5, 0.6) is 11.8 Å². The number of anilines is 1. The molecule has 5 heterocycles. The molecule has 7 nitrogen and oxygen atoms in total. The largest absolute Gasteiger partial charge is 0.508 e. The fourth-order valence-electron chi connectivity index (χ4n) is 6.86. The number of phenols is 1. The molecule has 212 valence electrons. The third kappa shape index (κ3) is 5.04. The number of nitrogens with zero attached hydrogens (tertiary/aromatic N) is 5. The Morgan fingerprint density at radius 1 is 1.22 bits per heavy atom. The van der Waals surface area contributed by atoms with Crippen molar-refractivity contribution >= 4 is 22.8 Å². The average molecular weight is 554 g/mol. The van der Waals surface area contributed by atoms with Crippen molar-refractivity contribution in [2.45, 2.75) is 51.0 Å². The highest BCUT2D eigenvalue weighted by molar-refractivity contribution is 5.93. The van der Waals surface area contributed by atoms with Crippen LogP contribution in [0.15, 0.2) is 37.1 Å². The predicted molar refractivity (Wildman–Crippen MR) is 160 cm³/mol. The van der Waals surface area contributed by atoms with E-state index >= 15 is 4.39 Å². The molecule has 2 aromatic heterocycles. The van der Waals surface area contributed by atoms with E-state index in [0.717, 1.165) is 64.7 Å². The normalized spacial score (nSPS) is 20.4. The lowest BCUT2D eigenvalue weighted by Gasteiger charge is -2.33. The van der Waals surface area contributed by atoms with Gasteiger partial charge >= 0.3 is 6.01 Å². The summed E-state index contributed by atoms with van der Waals surface area (Å²) in [5, 5.41) is 11.0. The van der Waals surface area contributed by atoms with Crippen molar-refractivity contribution in [2.24, 2.45) is 5.92 Å². The lowest BCUT2D eigenvalue weighted by molar-refractivity contribution is 0.108. The van der Waals surface area contributed by atoms with Gasteiger partial charge in [0.25, 0.3) is 0 Å². The summed E-state index contributed by atoms with van der Waals surface area (Å²) in [5.41, 5.74) is 1.47. The molecule has 0 spiro atoms. The van der Waals surface area contributed by atoms with Gasteiger partial charge in [-0.15, -0.1) is 6.42 Å². The van der Waals surface area contributed by atoms with Crippen LogP contribution in [0.2, 0.25) is 0 Å². The summed E-state index contributed by atoms with van der Waals surface area (Å²) in [6, 6.07) is 3.16. The first-order valence-electron chi connectivity index (χ1n) is 14.5. The monoisotopic (exact) mass is 553 g/mol. The Hall–Kier alpha value is -3.96. The van der Waals surface area contributed by atoms with Crippen molar-refractivity contribution in [3.05, 3.63) is 54.0 Å². The summed E-state index contributed by atoms with van der Waals surface area (Å²) in [7, 11) is 0. The molecule has 3 saturated heterocycles. The number of aromatic nitrogens is 3. The molecule has 1 N–H and O–H groups in total. The third-order valence-corrected chi connectivity index (χ3v) is 8.85. The van der Waals surface area contributed by atoms with Crippen molar-refractivity contribution < 1.29 is 14.2 Å². The van der Waals surface area contributed by atoms with Crippen LogP contribution < -0.4 is 9.64 Å². The van der Waals surface area contributed by atoms with Gasteiger partial charge in [-0.3, -0.25) is 9.88 Å². The van der Waals surface area contributed by atoms with Gasteiger partial charge in [-0.2, -0.15) is 9.97 Å². The number of pyridine rings is 1. The minimum Gasteiger partial charge on any atom is -0.508 e. The maximum atomic E-state index is 16.5. The lowest BCUT2D eigenvalue weighted by Crippen LogP contribution is -2.43. The molecular formula is C33H36FN5O2. The van der Waals surface area contributed by atoms with Gasteiger partial charge < -0.3 is 14.7 Å². The number of phenolic OH excluding ortho intramolecular Hbond substituents is 1. The summed E-state index contributed by atoms with van der Waals surface area (Å²) in [6.07, 6.45) is 19.2. The molecule has 3 aliphatic rings. The molecule has 41 heavy (non-hydrogen) atoms. The molecule has 3 fully saturated rings. The number of fused-ring (bicyclic) bond motifs is 2. The second-order valence-electron chi connectivity index (χ2n) is 11.6. The maximum Gasteiger partial charge on any atom is 0.319 e. The highest BCUT2D eigenvalue weighted by Crippen LogP contribution is 2.40. The van der Waals surface area contributed by atoms with Crippen molar-refractivity contribution in [1.29, 1.82) is 0 Å². The van der Waals surface area contributed by atoms with Crippen LogP contribution in [0.4, 0.5) is 10.2 Å². The minimum absolute atomic E-state index is 0.0126. The number of halogens is 1. The van der Waals surface area contributed by atoms with Gasteiger partial charge in [-0.05, 0) is 75.2 Å². The van der Waals surface area contributed by atoms with Crippen molar-refractivity contribution in [1.82, 2.24) is 19.9 Å². The number of hydrogen-bond donors (Lipinski definition) is 1. The second-order valence-corrected chi connectivity index (χ2v) is 11.6. The minimum atomic E-state index is -0.622. The average Bonchev–Trinajstić information content (AvgIpc) is 3.55. The summed E-state index contributed by atoms with van der Waals surface area (Å²) in [4.78, 5) is 18.7. The van der Waals surface area contributed by atoms with Crippen LogP contribution in [-0.4, -0.2) is 63.3 Å². The summed E-state index contributed by atoms with van der Waals surface area (Å²) in [5.74, 6) is 3.12. The quantitative estimate of drug-likeness (QED) is 0.286. The maximum absolute atomic E-state index is 16.5. The molecule has 0 unspecified atom stereocenters. The van der Waals surface area contributed by atoms with E-state index in [1.807, 2.05) is 0 Å². The Labute approximate surface area is 240 Å². The Morgan fingerprint density at radius 3 is 2.76 bits per heavy atom. The Bertz CT molecular complexity index is 1550. The number of aromatic hydroxyl groups is 1. The molecule has 0 radical (unpaired) electrons. The Kier molecular flexibility index (Phi) is 7.39. The van der Waals surface area contributed by atoms with Crippen LogP contribution >= 0.6 is 0 Å². The van der Waals surface area contributed by atoms with E-state index in [4.69, 9.17) is 16.1 Å². The number of hydrogen-bond acceptors (Lipinski definition) is 7. The summed E-state index contributed by atoms with van der Waals surface area (Å²) in [6.45, 7) is 10.2. The lowest BCUT2D eigenvalue weighted by atomic mass is 9.95. The van der Waals surface area contributed by atoms with E-state index in [1.54, 1.807) is 24.4 Å². The highest BCUT2D eigenvalue weighted by atomic mass is 19.1. The van der Waals surface area contributed by atoms with E-state index in [2.05, 4.69) is 39.2 Å². The first-order valence-corrected chi connectivity index (χ1v) is 14.5. The molecule has 3 aliphatic heterocycles. The zero-order chi connectivity index (χ0) is 28.6. The fourth-order valence-corrected chi connectivity index (χ4v) is 6.86. The first-order chi connectivity index (χ1) is 19.9. The standard InChI is InChI=1S/C33H36FN5O2/c1-4-6-11-23-17-24(40)18-26(25(23)5-2)29-28(34)30-27(19-35-29)31(38-14-7-10-22(3)20-38)37-32(36-30)41-21-33-12-8-15-39(33)16-9-13-33/h2,4,6,11,17-19,22,40H,1,7-10,12-16,20-21H2,3H3/b11-6-/t22-/m0/s1. The van der Waals surface area contributed by atoms with Crippen LogP contribution in [-0.2, 0) is 0 Å². The van der Waals surface area contributed by atoms with Gasteiger partial charge in [0.2, 0.25) is 0 Å². The van der Waals surface area contributed by atoms with E-state index in [-0.39, 0.29) is 28.5 Å². The van der Waals surface area contributed by atoms with Gasteiger partial charge in [0.1, 0.15) is 29.4 Å². The van der Waals surface area contributed by atoms with Gasteiger partial charge in [0.05, 0.1) is 10.9 Å². The van der Waals surface area contributed by atoms with E-state index < -0.39 is 5.82 Å². The predicted octanol–water partition coefficient (Wildman–Crippen LogP) is 5.96. The van der Waals surface area contributed by atoms with Crippen LogP contribution in [0.25, 0.3) is 28.2 Å². The van der Waals surface area contributed by atoms with Gasteiger partial charge in [-0.1, -0.05) is 37.7 Å². The van der Waals surface area contributed by atoms with Gasteiger partial charge in [0, 0.05) is 30.4 Å². The van der Waals surface area contributed by atoms with Gasteiger partial charge in [-0.25, -0.2) is 4.39 Å². The molecule has 6 rings (SSSR count). The van der Waals surface area contributed by atoms with Crippen LogP contribution in [0.3, 0.4) is 0 Å². The van der Waals surface area contributed by atoms with E-state index in [1.165, 1.54) is 12.1 Å². The Balaban J connectivity index is 1.47. The number of terminal acetylenes is 1. The fraction of sp³-hybridized carbons (Fsp3) is 0.424. The first kappa shape index (κ1) is 27.2. The highest BCUT2D eigenvalue weighted by Gasteiger charge is 2.45. The van der Waals surface area contributed by atoms with Gasteiger partial charge in [0.15, 0.2) is 5.82 Å². The van der Waals surface area contributed by atoms with Crippen LogP contribution in [0.1, 0.15) is 56.6 Å². The molecule has 1 aromatic carbocycles. The van der Waals surface area contributed by atoms with Crippen molar-refractivity contribution in [3.63, 3.8) is 0 Å². The number of piperidine rings is 1. The number of rotatable bonds is 7.